The van der Waals surface area contributed by atoms with Gasteiger partial charge in [0.1, 0.15) is 5.75 Å². The summed E-state index contributed by atoms with van der Waals surface area (Å²) in [5.41, 5.74) is 1.06. The number of ether oxygens (including phenoxy) is 1. The number of Topliss-reactive ketones (excluding diaryl/α,β-unsaturated/α-hetero) is 1. The van der Waals surface area contributed by atoms with Crippen LogP contribution in [0.4, 0.5) is 0 Å². The number of rotatable bonds is 2. The molecule has 1 atom stereocenters. The number of likely N-dealkylation sites (tertiary alicyclic amines) is 1. The SMILES string of the molecule is COc1ccc(C2C(=O)CCN2C)cc1. The highest BCUT2D eigenvalue weighted by Crippen LogP contribution is 2.28. The highest BCUT2D eigenvalue weighted by atomic mass is 16.5. The van der Waals surface area contributed by atoms with Gasteiger partial charge < -0.3 is 4.74 Å². The molecule has 3 heteroatoms. The van der Waals surface area contributed by atoms with Crippen molar-refractivity contribution < 1.29 is 9.53 Å². The number of carbonyl (C=O) groups excluding carboxylic acids is 1. The molecule has 0 amide bonds. The fourth-order valence-electron chi connectivity index (χ4n) is 2.02. The lowest BCUT2D eigenvalue weighted by atomic mass is 10.0. The molecular weight excluding hydrogens is 190 g/mol. The van der Waals surface area contributed by atoms with Crippen LogP contribution in [-0.2, 0) is 4.79 Å². The summed E-state index contributed by atoms with van der Waals surface area (Å²) < 4.78 is 5.09. The Labute approximate surface area is 89.7 Å². The van der Waals surface area contributed by atoms with Crippen molar-refractivity contribution >= 4 is 5.78 Å². The van der Waals surface area contributed by atoms with Crippen molar-refractivity contribution in [2.45, 2.75) is 12.5 Å². The van der Waals surface area contributed by atoms with Gasteiger partial charge in [0.2, 0.25) is 0 Å². The number of carbonyl (C=O) groups is 1. The van der Waals surface area contributed by atoms with E-state index in [0.29, 0.717) is 12.2 Å². The molecule has 15 heavy (non-hydrogen) atoms. The minimum atomic E-state index is -0.0593. The van der Waals surface area contributed by atoms with E-state index in [2.05, 4.69) is 4.90 Å². The maximum Gasteiger partial charge on any atom is 0.155 e. The topological polar surface area (TPSA) is 29.5 Å². The molecule has 1 fully saturated rings. The minimum Gasteiger partial charge on any atom is -0.497 e. The van der Waals surface area contributed by atoms with Crippen LogP contribution >= 0.6 is 0 Å². The molecule has 0 N–H and O–H groups in total. The van der Waals surface area contributed by atoms with Crippen LogP contribution in [0.15, 0.2) is 24.3 Å². The summed E-state index contributed by atoms with van der Waals surface area (Å²) in [6.45, 7) is 0.857. The number of hydrogen-bond donors (Lipinski definition) is 0. The lowest BCUT2D eigenvalue weighted by molar-refractivity contribution is -0.119. The van der Waals surface area contributed by atoms with Crippen LogP contribution in [0, 0.1) is 0 Å². The van der Waals surface area contributed by atoms with E-state index < -0.39 is 0 Å². The second-order valence-electron chi connectivity index (χ2n) is 3.87. The van der Waals surface area contributed by atoms with E-state index in [1.165, 1.54) is 0 Å². The lowest BCUT2D eigenvalue weighted by Gasteiger charge is -2.18. The average Bonchev–Trinajstić information content (AvgIpc) is 2.59. The van der Waals surface area contributed by atoms with E-state index in [1.54, 1.807) is 7.11 Å². The predicted molar refractivity (Wildman–Crippen MR) is 58.0 cm³/mol. The van der Waals surface area contributed by atoms with E-state index in [1.807, 2.05) is 31.3 Å². The standard InChI is InChI=1S/C12H15NO2/c1-13-8-7-11(14)12(13)9-3-5-10(15-2)6-4-9/h3-6,12H,7-8H2,1-2H3. The molecule has 2 rings (SSSR count). The Balaban J connectivity index is 2.25. The van der Waals surface area contributed by atoms with E-state index in [9.17, 15) is 4.79 Å². The Morgan fingerprint density at radius 3 is 2.47 bits per heavy atom. The summed E-state index contributed by atoms with van der Waals surface area (Å²) in [5, 5.41) is 0. The molecule has 0 saturated carbocycles. The lowest BCUT2D eigenvalue weighted by Crippen LogP contribution is -2.20. The summed E-state index contributed by atoms with van der Waals surface area (Å²) in [7, 11) is 3.63. The summed E-state index contributed by atoms with van der Waals surface area (Å²) in [4.78, 5) is 13.8. The molecule has 0 bridgehead atoms. The minimum absolute atomic E-state index is 0.0593. The molecule has 1 heterocycles. The molecule has 1 aromatic carbocycles. The first-order valence-corrected chi connectivity index (χ1v) is 5.09. The highest BCUT2D eigenvalue weighted by molar-refractivity contribution is 5.87. The Morgan fingerprint density at radius 1 is 1.33 bits per heavy atom. The maximum absolute atomic E-state index is 11.7. The number of hydrogen-bond acceptors (Lipinski definition) is 3. The van der Waals surface area contributed by atoms with Crippen LogP contribution < -0.4 is 4.74 Å². The van der Waals surface area contributed by atoms with E-state index in [0.717, 1.165) is 17.9 Å². The molecule has 80 valence electrons. The fourth-order valence-corrected chi connectivity index (χ4v) is 2.02. The van der Waals surface area contributed by atoms with Crippen molar-refractivity contribution in [1.29, 1.82) is 0 Å². The zero-order valence-corrected chi connectivity index (χ0v) is 9.06. The molecule has 1 aromatic rings. The van der Waals surface area contributed by atoms with Gasteiger partial charge in [0.25, 0.3) is 0 Å². The third-order valence-electron chi connectivity index (χ3n) is 2.89. The molecule has 1 saturated heterocycles. The predicted octanol–water partition coefficient (Wildman–Crippen LogP) is 1.64. The zero-order chi connectivity index (χ0) is 10.8. The molecule has 0 aliphatic carbocycles. The second kappa shape index (κ2) is 4.03. The molecule has 0 radical (unpaired) electrons. The maximum atomic E-state index is 11.7. The summed E-state index contributed by atoms with van der Waals surface area (Å²) in [5.74, 6) is 1.13. The number of methoxy groups -OCH3 is 1. The monoisotopic (exact) mass is 205 g/mol. The van der Waals surface area contributed by atoms with E-state index in [4.69, 9.17) is 4.74 Å². The van der Waals surface area contributed by atoms with E-state index >= 15 is 0 Å². The van der Waals surface area contributed by atoms with Gasteiger partial charge in [0.15, 0.2) is 5.78 Å². The van der Waals surface area contributed by atoms with Gasteiger partial charge in [0.05, 0.1) is 13.2 Å². The van der Waals surface area contributed by atoms with Crippen molar-refractivity contribution in [2.24, 2.45) is 0 Å². The van der Waals surface area contributed by atoms with Crippen molar-refractivity contribution in [2.75, 3.05) is 20.7 Å². The number of ketones is 1. The van der Waals surface area contributed by atoms with Gasteiger partial charge >= 0.3 is 0 Å². The third-order valence-corrected chi connectivity index (χ3v) is 2.89. The molecule has 3 nitrogen and oxygen atoms in total. The number of nitrogens with zero attached hydrogens (tertiary/aromatic N) is 1. The summed E-state index contributed by atoms with van der Waals surface area (Å²) in [6.07, 6.45) is 0.660. The first-order valence-electron chi connectivity index (χ1n) is 5.09. The average molecular weight is 205 g/mol. The third kappa shape index (κ3) is 1.88. The highest BCUT2D eigenvalue weighted by Gasteiger charge is 2.30. The zero-order valence-electron chi connectivity index (χ0n) is 9.06. The largest absolute Gasteiger partial charge is 0.497 e. The molecule has 0 spiro atoms. The van der Waals surface area contributed by atoms with Gasteiger partial charge in [-0.1, -0.05) is 12.1 Å². The molecule has 1 aliphatic rings. The molecule has 1 unspecified atom stereocenters. The first kappa shape index (κ1) is 10.2. The smallest absolute Gasteiger partial charge is 0.155 e. The fraction of sp³-hybridized carbons (Fsp3) is 0.417. The Kier molecular flexibility index (Phi) is 2.73. The van der Waals surface area contributed by atoms with Crippen molar-refractivity contribution in [3.05, 3.63) is 29.8 Å². The van der Waals surface area contributed by atoms with Crippen LogP contribution in [0.3, 0.4) is 0 Å². The Bertz CT molecular complexity index is 358. The number of likely N-dealkylation sites (N-methyl/N-ethyl adjacent to an activating group) is 1. The van der Waals surface area contributed by atoms with E-state index in [-0.39, 0.29) is 6.04 Å². The summed E-state index contributed by atoms with van der Waals surface area (Å²) >= 11 is 0. The molecular formula is C12H15NO2. The number of benzene rings is 1. The van der Waals surface area contributed by atoms with Gasteiger partial charge in [-0.15, -0.1) is 0 Å². The normalized spacial score (nSPS) is 22.0. The van der Waals surface area contributed by atoms with Crippen LogP contribution in [0.5, 0.6) is 5.75 Å². The van der Waals surface area contributed by atoms with Crippen LogP contribution in [0.1, 0.15) is 18.0 Å². The van der Waals surface area contributed by atoms with Crippen molar-refractivity contribution in [3.8, 4) is 5.75 Å². The quantitative estimate of drug-likeness (QED) is 0.735. The Hall–Kier alpha value is -1.35. The Morgan fingerprint density at radius 2 is 2.00 bits per heavy atom. The van der Waals surface area contributed by atoms with Gasteiger partial charge in [-0.3, -0.25) is 9.69 Å². The second-order valence-corrected chi connectivity index (χ2v) is 3.87. The molecule has 1 aliphatic heterocycles. The van der Waals surface area contributed by atoms with Crippen molar-refractivity contribution in [3.63, 3.8) is 0 Å². The summed E-state index contributed by atoms with van der Waals surface area (Å²) in [6, 6.07) is 7.66. The van der Waals surface area contributed by atoms with Gasteiger partial charge in [-0.25, -0.2) is 0 Å². The van der Waals surface area contributed by atoms with Gasteiger partial charge in [0, 0.05) is 13.0 Å². The van der Waals surface area contributed by atoms with Crippen LogP contribution in [0.25, 0.3) is 0 Å². The first-order chi connectivity index (χ1) is 7.22. The molecule has 0 aromatic heterocycles. The van der Waals surface area contributed by atoms with Crippen molar-refractivity contribution in [1.82, 2.24) is 4.90 Å². The van der Waals surface area contributed by atoms with Gasteiger partial charge in [-0.2, -0.15) is 0 Å². The van der Waals surface area contributed by atoms with Crippen LogP contribution in [0.2, 0.25) is 0 Å². The van der Waals surface area contributed by atoms with Crippen LogP contribution in [-0.4, -0.2) is 31.4 Å². The van der Waals surface area contributed by atoms with Gasteiger partial charge in [-0.05, 0) is 24.7 Å².